The van der Waals surface area contributed by atoms with Crippen molar-refractivity contribution in [1.82, 2.24) is 9.88 Å². The monoisotopic (exact) mass is 247 g/mol. The number of H-pyrrole nitrogens is 1. The van der Waals surface area contributed by atoms with E-state index in [4.69, 9.17) is 4.74 Å². The van der Waals surface area contributed by atoms with Crippen LogP contribution in [0.3, 0.4) is 0 Å². The van der Waals surface area contributed by atoms with E-state index in [-0.39, 0.29) is 11.7 Å². The highest BCUT2D eigenvalue weighted by Crippen LogP contribution is 2.20. The molecular formula is C13H17N3O2. The highest BCUT2D eigenvalue weighted by molar-refractivity contribution is 5.41. The van der Waals surface area contributed by atoms with Gasteiger partial charge in [-0.15, -0.1) is 0 Å². The second-order valence-corrected chi connectivity index (χ2v) is 4.70. The Bertz CT molecular complexity index is 473. The van der Waals surface area contributed by atoms with E-state index in [1.165, 1.54) is 6.07 Å². The fraction of sp³-hybridized carbons (Fsp3) is 0.462. The SMILES string of the molecule is O=c1ccc(NC2CC=CCN2C2COC2)c[nH]1. The maximum atomic E-state index is 11.0. The molecule has 5 heteroatoms. The lowest BCUT2D eigenvalue weighted by Gasteiger charge is -2.43. The highest BCUT2D eigenvalue weighted by atomic mass is 16.5. The zero-order valence-corrected chi connectivity index (χ0v) is 10.1. The van der Waals surface area contributed by atoms with Crippen molar-refractivity contribution in [2.24, 2.45) is 0 Å². The van der Waals surface area contributed by atoms with Crippen LogP contribution in [0.25, 0.3) is 0 Å². The molecule has 1 fully saturated rings. The van der Waals surface area contributed by atoms with Gasteiger partial charge in [0.05, 0.1) is 31.1 Å². The number of anilines is 1. The summed E-state index contributed by atoms with van der Waals surface area (Å²) in [6.07, 6.45) is 7.35. The summed E-state index contributed by atoms with van der Waals surface area (Å²) in [5.41, 5.74) is 0.869. The molecule has 0 saturated carbocycles. The minimum absolute atomic E-state index is 0.0756. The second kappa shape index (κ2) is 4.96. The Balaban J connectivity index is 1.71. The first-order valence-electron chi connectivity index (χ1n) is 6.27. The summed E-state index contributed by atoms with van der Waals surface area (Å²) in [6.45, 7) is 2.59. The summed E-state index contributed by atoms with van der Waals surface area (Å²) in [5.74, 6) is 0. The van der Waals surface area contributed by atoms with Crippen molar-refractivity contribution in [1.29, 1.82) is 0 Å². The van der Waals surface area contributed by atoms with E-state index in [2.05, 4.69) is 27.4 Å². The van der Waals surface area contributed by atoms with Crippen molar-refractivity contribution < 1.29 is 4.74 Å². The summed E-state index contributed by atoms with van der Waals surface area (Å²) in [5, 5.41) is 3.46. The zero-order valence-electron chi connectivity index (χ0n) is 10.1. The minimum atomic E-state index is -0.0756. The highest BCUT2D eigenvalue weighted by Gasteiger charge is 2.31. The maximum Gasteiger partial charge on any atom is 0.248 e. The number of aromatic nitrogens is 1. The molecule has 2 aliphatic heterocycles. The summed E-state index contributed by atoms with van der Waals surface area (Å²) < 4.78 is 5.26. The van der Waals surface area contributed by atoms with Crippen molar-refractivity contribution in [3.8, 4) is 0 Å². The smallest absolute Gasteiger partial charge is 0.248 e. The predicted octanol–water partition coefficient (Wildman–Crippen LogP) is 0.774. The fourth-order valence-electron chi connectivity index (χ4n) is 2.34. The van der Waals surface area contributed by atoms with Crippen LogP contribution >= 0.6 is 0 Å². The molecule has 1 unspecified atom stereocenters. The quantitative estimate of drug-likeness (QED) is 0.775. The Labute approximate surface area is 105 Å². The largest absolute Gasteiger partial charge is 0.378 e. The van der Waals surface area contributed by atoms with Crippen LogP contribution < -0.4 is 10.9 Å². The summed E-state index contributed by atoms with van der Waals surface area (Å²) in [6, 6.07) is 3.86. The number of ether oxygens (including phenoxy) is 1. The van der Waals surface area contributed by atoms with Gasteiger partial charge in [-0.3, -0.25) is 9.69 Å². The molecule has 1 saturated heterocycles. The molecule has 18 heavy (non-hydrogen) atoms. The maximum absolute atomic E-state index is 11.0. The van der Waals surface area contributed by atoms with E-state index in [1.54, 1.807) is 6.20 Å². The lowest BCUT2D eigenvalue weighted by atomic mass is 10.1. The Morgan fingerprint density at radius 3 is 2.89 bits per heavy atom. The molecule has 1 aromatic rings. The van der Waals surface area contributed by atoms with Crippen molar-refractivity contribution in [2.45, 2.75) is 18.6 Å². The molecule has 1 aromatic heterocycles. The van der Waals surface area contributed by atoms with Gasteiger partial charge in [0.15, 0.2) is 0 Å². The van der Waals surface area contributed by atoms with Gasteiger partial charge in [0.2, 0.25) is 5.56 Å². The van der Waals surface area contributed by atoms with Crippen molar-refractivity contribution >= 4 is 5.69 Å². The first-order chi connectivity index (χ1) is 8.83. The van der Waals surface area contributed by atoms with Gasteiger partial charge >= 0.3 is 0 Å². The Hall–Kier alpha value is -1.59. The molecule has 96 valence electrons. The first-order valence-corrected chi connectivity index (χ1v) is 6.27. The average Bonchev–Trinajstić information content (AvgIpc) is 2.32. The predicted molar refractivity (Wildman–Crippen MR) is 69.5 cm³/mol. The van der Waals surface area contributed by atoms with Gasteiger partial charge in [-0.1, -0.05) is 12.2 Å². The van der Waals surface area contributed by atoms with Gasteiger partial charge < -0.3 is 15.0 Å². The molecule has 0 spiro atoms. The van der Waals surface area contributed by atoms with E-state index < -0.39 is 0 Å². The molecule has 2 N–H and O–H groups in total. The Kier molecular flexibility index (Phi) is 3.17. The minimum Gasteiger partial charge on any atom is -0.378 e. The third-order valence-corrected chi connectivity index (χ3v) is 3.45. The van der Waals surface area contributed by atoms with Gasteiger partial charge in [0.25, 0.3) is 0 Å². The van der Waals surface area contributed by atoms with Gasteiger partial charge in [-0.2, -0.15) is 0 Å². The van der Waals surface area contributed by atoms with Crippen molar-refractivity contribution in [2.75, 3.05) is 25.1 Å². The lowest BCUT2D eigenvalue weighted by Crippen LogP contribution is -2.56. The van der Waals surface area contributed by atoms with Gasteiger partial charge in [-0.05, 0) is 12.5 Å². The third kappa shape index (κ3) is 2.32. The molecule has 1 atom stereocenters. The number of hydrogen-bond acceptors (Lipinski definition) is 4. The van der Waals surface area contributed by atoms with Crippen LogP contribution in [0, 0.1) is 0 Å². The van der Waals surface area contributed by atoms with Crippen LogP contribution in [0.4, 0.5) is 5.69 Å². The summed E-state index contributed by atoms with van der Waals surface area (Å²) in [4.78, 5) is 16.1. The van der Waals surface area contributed by atoms with Gasteiger partial charge in [0, 0.05) is 18.8 Å². The van der Waals surface area contributed by atoms with E-state index in [9.17, 15) is 4.79 Å². The van der Waals surface area contributed by atoms with Gasteiger partial charge in [-0.25, -0.2) is 0 Å². The number of nitrogens with one attached hydrogen (secondary N) is 2. The molecule has 0 bridgehead atoms. The number of hydrogen-bond donors (Lipinski definition) is 2. The molecule has 3 rings (SSSR count). The number of rotatable bonds is 3. The molecule has 5 nitrogen and oxygen atoms in total. The van der Waals surface area contributed by atoms with Gasteiger partial charge in [0.1, 0.15) is 0 Å². The standard InChI is InChI=1S/C13H17N3O2/c17-13-5-4-10(7-14-13)15-12-3-1-2-6-16(12)11-8-18-9-11/h1-2,4-5,7,11-12,15H,3,6,8-9H2,(H,14,17). The van der Waals surface area contributed by atoms with E-state index in [0.29, 0.717) is 6.04 Å². The number of nitrogens with zero attached hydrogens (tertiary/aromatic N) is 1. The molecule has 0 aromatic carbocycles. The molecule has 0 amide bonds. The molecule has 0 radical (unpaired) electrons. The van der Waals surface area contributed by atoms with Crippen LogP contribution in [0.5, 0.6) is 0 Å². The van der Waals surface area contributed by atoms with Crippen LogP contribution in [-0.4, -0.2) is 41.9 Å². The third-order valence-electron chi connectivity index (χ3n) is 3.45. The zero-order chi connectivity index (χ0) is 12.4. The Morgan fingerprint density at radius 1 is 1.33 bits per heavy atom. The van der Waals surface area contributed by atoms with Crippen LogP contribution in [0.2, 0.25) is 0 Å². The topological polar surface area (TPSA) is 57.4 Å². The van der Waals surface area contributed by atoms with E-state index in [0.717, 1.165) is 31.9 Å². The summed E-state index contributed by atoms with van der Waals surface area (Å²) in [7, 11) is 0. The second-order valence-electron chi connectivity index (χ2n) is 4.70. The fourth-order valence-corrected chi connectivity index (χ4v) is 2.34. The van der Waals surface area contributed by atoms with Crippen LogP contribution in [0.15, 0.2) is 35.3 Å². The normalized spacial score (nSPS) is 24.8. The van der Waals surface area contributed by atoms with Crippen molar-refractivity contribution in [3.63, 3.8) is 0 Å². The lowest BCUT2D eigenvalue weighted by molar-refractivity contribution is -0.0729. The van der Waals surface area contributed by atoms with Crippen LogP contribution in [0.1, 0.15) is 6.42 Å². The first kappa shape index (κ1) is 11.5. The van der Waals surface area contributed by atoms with Crippen molar-refractivity contribution in [3.05, 3.63) is 40.8 Å². The summed E-state index contributed by atoms with van der Waals surface area (Å²) >= 11 is 0. The number of aromatic amines is 1. The molecule has 0 aliphatic carbocycles. The van der Waals surface area contributed by atoms with Crippen LogP contribution in [-0.2, 0) is 4.74 Å². The molecular weight excluding hydrogens is 230 g/mol. The number of pyridine rings is 1. The van der Waals surface area contributed by atoms with E-state index in [1.807, 2.05) is 6.07 Å². The molecule has 3 heterocycles. The van der Waals surface area contributed by atoms with E-state index >= 15 is 0 Å². The Morgan fingerprint density at radius 2 is 2.22 bits per heavy atom. The average molecular weight is 247 g/mol. The molecule has 2 aliphatic rings.